The van der Waals surface area contributed by atoms with Gasteiger partial charge in [-0.15, -0.1) is 11.8 Å². The van der Waals surface area contributed by atoms with Crippen molar-refractivity contribution in [2.24, 2.45) is 5.92 Å². The first kappa shape index (κ1) is 23.3. The second-order valence-corrected chi connectivity index (χ2v) is 10.1. The molecule has 1 aliphatic rings. The first-order valence-corrected chi connectivity index (χ1v) is 12.6. The first-order valence-electron chi connectivity index (χ1n) is 9.91. The zero-order valence-electron chi connectivity index (χ0n) is 17.8. The molecule has 1 saturated heterocycles. The number of methoxy groups -OCH3 is 1. The Labute approximate surface area is 187 Å². The van der Waals surface area contributed by atoms with Crippen LogP contribution >= 0.6 is 11.8 Å². The Morgan fingerprint density at radius 3 is 2.32 bits per heavy atom. The van der Waals surface area contributed by atoms with Crippen molar-refractivity contribution in [3.05, 3.63) is 53.6 Å². The minimum atomic E-state index is -3.58. The highest BCUT2D eigenvalue weighted by atomic mass is 32.2. The standard InChI is InChI=1S/C22H26N2O5S2/c1-15-19(22(26)29-2)5-4-6-20(15)23-21(25)16-11-13-24(14-12-16)31(27,28)18-9-7-17(30-3)8-10-18/h4-10,16H,11-14H2,1-3H3,(H,23,25). The van der Waals surface area contributed by atoms with Gasteiger partial charge in [0.1, 0.15) is 0 Å². The SMILES string of the molecule is COC(=O)c1cccc(NC(=O)C2CCN(S(=O)(=O)c3ccc(SC)cc3)CC2)c1C. The summed E-state index contributed by atoms with van der Waals surface area (Å²) in [6.45, 7) is 2.32. The lowest BCUT2D eigenvalue weighted by molar-refractivity contribution is -0.120. The van der Waals surface area contributed by atoms with Gasteiger partial charge < -0.3 is 10.1 Å². The number of rotatable bonds is 6. The maximum Gasteiger partial charge on any atom is 0.338 e. The summed E-state index contributed by atoms with van der Waals surface area (Å²) in [5.41, 5.74) is 1.59. The number of hydrogen-bond acceptors (Lipinski definition) is 6. The summed E-state index contributed by atoms with van der Waals surface area (Å²) in [6.07, 6.45) is 2.81. The Kier molecular flexibility index (Phi) is 7.40. The molecule has 1 fully saturated rings. The van der Waals surface area contributed by atoms with Gasteiger partial charge in [0.05, 0.1) is 17.6 Å². The van der Waals surface area contributed by atoms with Crippen molar-refractivity contribution in [1.29, 1.82) is 0 Å². The highest BCUT2D eigenvalue weighted by Gasteiger charge is 2.32. The molecule has 3 rings (SSSR count). The maximum atomic E-state index is 12.9. The maximum absolute atomic E-state index is 12.9. The van der Waals surface area contributed by atoms with E-state index in [0.717, 1.165) is 4.90 Å². The predicted molar refractivity (Wildman–Crippen MR) is 121 cm³/mol. The molecular weight excluding hydrogens is 436 g/mol. The van der Waals surface area contributed by atoms with Crippen LogP contribution in [0.4, 0.5) is 5.69 Å². The molecule has 166 valence electrons. The molecule has 7 nitrogen and oxygen atoms in total. The van der Waals surface area contributed by atoms with E-state index in [1.165, 1.54) is 11.4 Å². The van der Waals surface area contributed by atoms with E-state index >= 15 is 0 Å². The van der Waals surface area contributed by atoms with Gasteiger partial charge in [0, 0.05) is 29.6 Å². The largest absolute Gasteiger partial charge is 0.465 e. The highest BCUT2D eigenvalue weighted by molar-refractivity contribution is 7.98. The number of sulfonamides is 1. The molecule has 0 saturated carbocycles. The van der Waals surface area contributed by atoms with Crippen LogP contribution in [0.1, 0.15) is 28.8 Å². The van der Waals surface area contributed by atoms with Crippen LogP contribution in [0.3, 0.4) is 0 Å². The van der Waals surface area contributed by atoms with Crippen molar-refractivity contribution in [2.45, 2.75) is 29.6 Å². The molecule has 0 radical (unpaired) electrons. The van der Waals surface area contributed by atoms with Gasteiger partial charge >= 0.3 is 5.97 Å². The van der Waals surface area contributed by atoms with E-state index in [9.17, 15) is 18.0 Å². The van der Waals surface area contributed by atoms with E-state index < -0.39 is 16.0 Å². The summed E-state index contributed by atoms with van der Waals surface area (Å²) in [6, 6.07) is 11.9. The topological polar surface area (TPSA) is 92.8 Å². The second-order valence-electron chi connectivity index (χ2n) is 7.31. The van der Waals surface area contributed by atoms with E-state index in [4.69, 9.17) is 4.74 Å². The van der Waals surface area contributed by atoms with Crippen molar-refractivity contribution in [3.8, 4) is 0 Å². The fourth-order valence-electron chi connectivity index (χ4n) is 3.59. The minimum absolute atomic E-state index is 0.175. The Morgan fingerprint density at radius 1 is 1.10 bits per heavy atom. The van der Waals surface area contributed by atoms with Crippen LogP contribution in [-0.4, -0.2) is 51.1 Å². The van der Waals surface area contributed by atoms with Crippen molar-refractivity contribution in [2.75, 3.05) is 31.8 Å². The van der Waals surface area contributed by atoms with Crippen LogP contribution < -0.4 is 5.32 Å². The smallest absolute Gasteiger partial charge is 0.338 e. The molecule has 2 aromatic carbocycles. The van der Waals surface area contributed by atoms with Crippen LogP contribution in [0.25, 0.3) is 0 Å². The van der Waals surface area contributed by atoms with E-state index in [1.54, 1.807) is 61.2 Å². The molecular formula is C22H26N2O5S2. The third-order valence-corrected chi connectivity index (χ3v) is 8.18. The molecule has 9 heteroatoms. The molecule has 0 aliphatic carbocycles. The lowest BCUT2D eigenvalue weighted by atomic mass is 9.96. The number of nitrogens with one attached hydrogen (secondary N) is 1. The molecule has 1 aliphatic heterocycles. The number of carbonyl (C=O) groups excluding carboxylic acids is 2. The normalized spacial score (nSPS) is 15.5. The first-order chi connectivity index (χ1) is 14.8. The number of ether oxygens (including phenoxy) is 1. The number of thioether (sulfide) groups is 1. The predicted octanol–water partition coefficient (Wildman–Crippen LogP) is 3.54. The minimum Gasteiger partial charge on any atom is -0.465 e. The molecule has 31 heavy (non-hydrogen) atoms. The number of carbonyl (C=O) groups is 2. The summed E-state index contributed by atoms with van der Waals surface area (Å²) in [4.78, 5) is 25.9. The summed E-state index contributed by atoms with van der Waals surface area (Å²) in [5.74, 6) is -0.935. The van der Waals surface area contributed by atoms with Crippen LogP contribution in [0, 0.1) is 12.8 Å². The molecule has 0 spiro atoms. The Bertz CT molecular complexity index is 1060. The van der Waals surface area contributed by atoms with Crippen molar-refractivity contribution < 1.29 is 22.7 Å². The van der Waals surface area contributed by atoms with Gasteiger partial charge in [0.25, 0.3) is 0 Å². The number of benzene rings is 2. The van der Waals surface area contributed by atoms with Crippen LogP contribution in [0.15, 0.2) is 52.3 Å². The Balaban J connectivity index is 1.64. The molecule has 2 aromatic rings. The number of hydrogen-bond donors (Lipinski definition) is 1. The molecule has 0 aromatic heterocycles. The molecule has 1 amide bonds. The van der Waals surface area contributed by atoms with Gasteiger partial charge in [-0.25, -0.2) is 13.2 Å². The Hall–Kier alpha value is -2.36. The summed E-state index contributed by atoms with van der Waals surface area (Å²) in [5, 5.41) is 2.88. The lowest BCUT2D eigenvalue weighted by Gasteiger charge is -2.30. The van der Waals surface area contributed by atoms with Gasteiger partial charge in [-0.3, -0.25) is 4.79 Å². The zero-order chi connectivity index (χ0) is 22.6. The van der Waals surface area contributed by atoms with Gasteiger partial charge in [0.2, 0.25) is 15.9 Å². The third-order valence-electron chi connectivity index (χ3n) is 5.52. The monoisotopic (exact) mass is 462 g/mol. The fourth-order valence-corrected chi connectivity index (χ4v) is 5.47. The zero-order valence-corrected chi connectivity index (χ0v) is 19.4. The number of esters is 1. The fraction of sp³-hybridized carbons (Fsp3) is 0.364. The molecule has 0 bridgehead atoms. The lowest BCUT2D eigenvalue weighted by Crippen LogP contribution is -2.41. The van der Waals surface area contributed by atoms with Gasteiger partial charge in [-0.2, -0.15) is 4.31 Å². The van der Waals surface area contributed by atoms with Crippen molar-refractivity contribution in [1.82, 2.24) is 4.31 Å². The molecule has 0 atom stereocenters. The number of piperidine rings is 1. The third kappa shape index (κ3) is 5.11. The van der Waals surface area contributed by atoms with Gasteiger partial charge in [-0.1, -0.05) is 6.07 Å². The van der Waals surface area contributed by atoms with Crippen molar-refractivity contribution in [3.63, 3.8) is 0 Å². The molecule has 1 N–H and O–H groups in total. The van der Waals surface area contributed by atoms with E-state index in [-0.39, 0.29) is 29.8 Å². The average molecular weight is 463 g/mol. The second kappa shape index (κ2) is 9.84. The molecule has 0 unspecified atom stereocenters. The summed E-state index contributed by atoms with van der Waals surface area (Å²) < 4.78 is 32.0. The number of amides is 1. The van der Waals surface area contributed by atoms with Gasteiger partial charge in [-0.05, 0) is 68.0 Å². The summed E-state index contributed by atoms with van der Waals surface area (Å²) in [7, 11) is -2.27. The van der Waals surface area contributed by atoms with E-state index in [1.807, 2.05) is 6.26 Å². The van der Waals surface area contributed by atoms with Crippen LogP contribution in [0.5, 0.6) is 0 Å². The van der Waals surface area contributed by atoms with E-state index in [2.05, 4.69) is 5.32 Å². The quantitative estimate of drug-likeness (QED) is 0.521. The number of nitrogens with zero attached hydrogens (tertiary/aromatic N) is 1. The summed E-state index contributed by atoms with van der Waals surface area (Å²) >= 11 is 1.55. The van der Waals surface area contributed by atoms with E-state index in [0.29, 0.717) is 29.7 Å². The average Bonchev–Trinajstić information content (AvgIpc) is 2.80. The Morgan fingerprint density at radius 2 is 1.74 bits per heavy atom. The van der Waals surface area contributed by atoms with Crippen LogP contribution in [-0.2, 0) is 19.6 Å². The van der Waals surface area contributed by atoms with Gasteiger partial charge in [0.15, 0.2) is 0 Å². The van der Waals surface area contributed by atoms with Crippen molar-refractivity contribution >= 4 is 39.3 Å². The highest BCUT2D eigenvalue weighted by Crippen LogP contribution is 2.27. The van der Waals surface area contributed by atoms with Crippen LogP contribution in [0.2, 0.25) is 0 Å². The molecule has 1 heterocycles. The number of anilines is 1.